The molecule has 1 aromatic carbocycles. The van der Waals surface area contributed by atoms with E-state index in [-0.39, 0.29) is 21.9 Å². The van der Waals surface area contributed by atoms with Crippen molar-refractivity contribution in [3.05, 3.63) is 56.8 Å². The summed E-state index contributed by atoms with van der Waals surface area (Å²) < 4.78 is 5.57. The molecule has 0 aromatic heterocycles. The fraction of sp³-hybridized carbons (Fsp3) is 0.571. The lowest BCUT2D eigenvalue weighted by molar-refractivity contribution is -0.384. The van der Waals surface area contributed by atoms with Crippen LogP contribution in [0.2, 0.25) is 0 Å². The summed E-state index contributed by atoms with van der Waals surface area (Å²) in [6, 6.07) is 6.75. The molecule has 5 aliphatic carbocycles. The Balaban J connectivity index is 1.23. The maximum absolute atomic E-state index is 13.3. The maximum Gasteiger partial charge on any atom is 0.270 e. The number of ether oxygens (including phenoxy) is 1. The van der Waals surface area contributed by atoms with Crippen molar-refractivity contribution in [3.63, 3.8) is 0 Å². The van der Waals surface area contributed by atoms with Crippen LogP contribution in [-0.2, 0) is 9.53 Å². The largest absolute Gasteiger partial charge is 0.378 e. The van der Waals surface area contributed by atoms with Crippen LogP contribution in [0.25, 0.3) is 6.08 Å². The van der Waals surface area contributed by atoms with Gasteiger partial charge in [0.25, 0.3) is 5.69 Å². The molecule has 1 heterocycles. The molecule has 0 atom stereocenters. The average molecular weight is 491 g/mol. The highest BCUT2D eigenvalue weighted by Crippen LogP contribution is 2.60. The van der Waals surface area contributed by atoms with E-state index in [0.29, 0.717) is 13.2 Å². The summed E-state index contributed by atoms with van der Waals surface area (Å²) in [7, 11) is 0. The molecule has 5 fully saturated rings. The number of hydrogen-bond donors (Lipinski definition) is 1. The molecule has 6 aliphatic rings. The molecule has 0 unspecified atom stereocenters. The molecule has 7 rings (SSSR count). The van der Waals surface area contributed by atoms with Crippen LogP contribution in [0.3, 0.4) is 0 Å². The Morgan fingerprint density at radius 3 is 2.47 bits per heavy atom. The van der Waals surface area contributed by atoms with Gasteiger partial charge in [-0.1, -0.05) is 12.1 Å². The molecule has 1 amide bonds. The summed E-state index contributed by atoms with van der Waals surface area (Å²) in [5.74, 6) is 2.27. The zero-order valence-corrected chi connectivity index (χ0v) is 20.7. The van der Waals surface area contributed by atoms with Crippen molar-refractivity contribution < 1.29 is 14.5 Å². The first-order valence-electron chi connectivity index (χ1n) is 13.3. The summed E-state index contributed by atoms with van der Waals surface area (Å²) >= 11 is 0. The van der Waals surface area contributed by atoms with Crippen molar-refractivity contribution in [3.8, 4) is 0 Å². The second-order valence-corrected chi connectivity index (χ2v) is 11.4. The Hall–Kier alpha value is -3.00. The lowest BCUT2D eigenvalue weighted by Crippen LogP contribution is -2.52. The Morgan fingerprint density at radius 1 is 1.11 bits per heavy atom. The van der Waals surface area contributed by atoms with Crippen LogP contribution in [0.15, 0.2) is 46.2 Å². The maximum atomic E-state index is 13.3. The molecule has 0 radical (unpaired) electrons. The van der Waals surface area contributed by atoms with Gasteiger partial charge in [0.15, 0.2) is 0 Å². The first-order chi connectivity index (χ1) is 17.5. The molecule has 1 aliphatic heterocycles. The van der Waals surface area contributed by atoms with Gasteiger partial charge in [-0.2, -0.15) is 5.10 Å². The Bertz CT molecular complexity index is 1110. The van der Waals surface area contributed by atoms with Gasteiger partial charge in [-0.15, -0.1) is 0 Å². The fourth-order valence-corrected chi connectivity index (χ4v) is 7.78. The summed E-state index contributed by atoms with van der Waals surface area (Å²) in [5, 5.41) is 15.7. The van der Waals surface area contributed by atoms with Gasteiger partial charge in [-0.05, 0) is 91.9 Å². The Labute approximate surface area is 211 Å². The van der Waals surface area contributed by atoms with Crippen LogP contribution in [0.5, 0.6) is 0 Å². The number of allylic oxidation sites excluding steroid dienone is 2. The van der Waals surface area contributed by atoms with Gasteiger partial charge < -0.3 is 9.64 Å². The quantitative estimate of drug-likeness (QED) is 0.355. The van der Waals surface area contributed by atoms with Crippen LogP contribution >= 0.6 is 0 Å². The minimum atomic E-state index is -0.361. The normalized spacial score (nSPS) is 32.6. The van der Waals surface area contributed by atoms with Gasteiger partial charge in [0, 0.05) is 30.9 Å². The zero-order valence-electron chi connectivity index (χ0n) is 20.7. The van der Waals surface area contributed by atoms with E-state index in [4.69, 9.17) is 4.74 Å². The highest BCUT2D eigenvalue weighted by atomic mass is 16.6. The molecule has 8 heteroatoms. The molecule has 4 saturated carbocycles. The summed E-state index contributed by atoms with van der Waals surface area (Å²) in [5.41, 5.74) is 6.99. The van der Waals surface area contributed by atoms with Crippen molar-refractivity contribution in [2.24, 2.45) is 28.3 Å². The number of nitrogens with zero attached hydrogens (tertiary/aromatic N) is 3. The Kier molecular flexibility index (Phi) is 6.15. The number of nitrogens with one attached hydrogen (secondary N) is 1. The van der Waals surface area contributed by atoms with E-state index in [9.17, 15) is 14.9 Å². The first-order valence-corrected chi connectivity index (χ1v) is 13.3. The van der Waals surface area contributed by atoms with E-state index in [2.05, 4.69) is 15.4 Å². The number of rotatable bonds is 6. The van der Waals surface area contributed by atoms with Crippen molar-refractivity contribution in [1.82, 2.24) is 10.3 Å². The van der Waals surface area contributed by atoms with Crippen LogP contribution in [-0.4, -0.2) is 48.2 Å². The first kappa shape index (κ1) is 23.4. The molecule has 1 saturated heterocycles. The number of hydrazone groups is 1. The molecule has 36 heavy (non-hydrogen) atoms. The van der Waals surface area contributed by atoms with E-state index >= 15 is 0 Å². The second kappa shape index (κ2) is 9.47. The van der Waals surface area contributed by atoms with E-state index in [1.807, 2.05) is 18.4 Å². The van der Waals surface area contributed by atoms with Gasteiger partial charge in [-0.25, -0.2) is 5.43 Å². The van der Waals surface area contributed by atoms with Gasteiger partial charge in [0.1, 0.15) is 0 Å². The monoisotopic (exact) mass is 490 g/mol. The molecule has 0 spiro atoms. The summed E-state index contributed by atoms with van der Waals surface area (Å²) in [6.07, 6.45) is 12.5. The number of carbonyl (C=O) groups excluding carboxylic acids is 1. The second-order valence-electron chi connectivity index (χ2n) is 11.4. The Morgan fingerprint density at radius 2 is 1.81 bits per heavy atom. The number of benzene rings is 1. The van der Waals surface area contributed by atoms with Gasteiger partial charge >= 0.3 is 0 Å². The highest BCUT2D eigenvalue weighted by Gasteiger charge is 2.54. The molecule has 8 nitrogen and oxygen atoms in total. The molecule has 190 valence electrons. The van der Waals surface area contributed by atoms with Gasteiger partial charge in [0.2, 0.25) is 5.91 Å². The average Bonchev–Trinajstić information content (AvgIpc) is 3.26. The van der Waals surface area contributed by atoms with E-state index in [1.165, 1.54) is 25.3 Å². The summed E-state index contributed by atoms with van der Waals surface area (Å²) in [4.78, 5) is 26.5. The smallest absolute Gasteiger partial charge is 0.270 e. The summed E-state index contributed by atoms with van der Waals surface area (Å²) in [6.45, 7) is 2.92. The third-order valence-electron chi connectivity index (χ3n) is 8.93. The predicted molar refractivity (Wildman–Crippen MR) is 137 cm³/mol. The molecular formula is C28H34N4O4. The van der Waals surface area contributed by atoms with Crippen molar-refractivity contribution in [2.75, 3.05) is 26.3 Å². The SMILES string of the molecule is O=C(N/N=C\C1=C(N2CCOCC2)C(=C\c2cccc([N+](=O)[O-])c2)/CC1)C12CC3CC(CC(C3)C1)C2. The number of non-ortho nitro benzene ring substituents is 1. The van der Waals surface area contributed by atoms with Crippen LogP contribution < -0.4 is 5.43 Å². The lowest BCUT2D eigenvalue weighted by Gasteiger charge is -2.55. The van der Waals surface area contributed by atoms with Crippen molar-refractivity contribution in [2.45, 2.75) is 51.4 Å². The fourth-order valence-electron chi connectivity index (χ4n) is 7.78. The van der Waals surface area contributed by atoms with Crippen LogP contribution in [0, 0.1) is 33.3 Å². The minimum Gasteiger partial charge on any atom is -0.378 e. The molecule has 1 N–H and O–H groups in total. The number of amides is 1. The number of carbonyl (C=O) groups is 1. The van der Waals surface area contributed by atoms with E-state index < -0.39 is 0 Å². The standard InChI is InChI=1S/C28H34N4O4/c33-27(28-15-20-10-21(16-28)12-22(11-20)17-28)30-29-18-24-5-4-23(26(24)31-6-8-36-9-7-31)13-19-2-1-3-25(14-19)32(34)35/h1-3,13-14,18,20-22H,4-12,15-17H2,(H,30,33)/b23-13-,29-18-. The van der Waals surface area contributed by atoms with Crippen molar-refractivity contribution >= 4 is 23.9 Å². The van der Waals surface area contributed by atoms with Crippen molar-refractivity contribution in [1.29, 1.82) is 0 Å². The van der Waals surface area contributed by atoms with E-state index in [1.54, 1.807) is 12.1 Å². The topological polar surface area (TPSA) is 97.1 Å². The highest BCUT2D eigenvalue weighted by molar-refractivity contribution is 5.87. The van der Waals surface area contributed by atoms with Gasteiger partial charge in [0.05, 0.1) is 29.8 Å². The molecular weight excluding hydrogens is 456 g/mol. The van der Waals surface area contributed by atoms with E-state index in [0.717, 1.165) is 85.4 Å². The predicted octanol–water partition coefficient (Wildman–Crippen LogP) is 4.68. The molecule has 4 bridgehead atoms. The number of nitro benzene ring substituents is 1. The minimum absolute atomic E-state index is 0.0911. The third kappa shape index (κ3) is 4.47. The van der Waals surface area contributed by atoms with Gasteiger partial charge in [-0.3, -0.25) is 14.9 Å². The number of morpholine rings is 1. The zero-order chi connectivity index (χ0) is 24.7. The molecule has 1 aromatic rings. The number of nitro groups is 1. The third-order valence-corrected chi connectivity index (χ3v) is 8.93. The van der Waals surface area contributed by atoms with Crippen LogP contribution in [0.4, 0.5) is 5.69 Å². The number of hydrogen-bond acceptors (Lipinski definition) is 6. The van der Waals surface area contributed by atoms with Crippen LogP contribution in [0.1, 0.15) is 56.9 Å². The lowest BCUT2D eigenvalue weighted by atomic mass is 9.49.